The first-order chi connectivity index (χ1) is 13.2. The zero-order valence-electron chi connectivity index (χ0n) is 15.3. The second-order valence-corrected chi connectivity index (χ2v) is 7.48. The van der Waals surface area contributed by atoms with Gasteiger partial charge in [-0.3, -0.25) is 9.89 Å². The van der Waals surface area contributed by atoms with Gasteiger partial charge in [-0.1, -0.05) is 30.3 Å². The highest BCUT2D eigenvalue weighted by molar-refractivity contribution is 7.07. The highest BCUT2D eigenvalue weighted by Gasteiger charge is 2.27. The molecule has 0 radical (unpaired) electrons. The van der Waals surface area contributed by atoms with Crippen molar-refractivity contribution in [2.45, 2.75) is 25.6 Å². The van der Waals surface area contributed by atoms with Crippen LogP contribution in [0.1, 0.15) is 39.0 Å². The van der Waals surface area contributed by atoms with E-state index in [0.717, 1.165) is 35.3 Å². The van der Waals surface area contributed by atoms with Crippen LogP contribution in [-0.2, 0) is 19.5 Å². The Labute approximate surface area is 174 Å². The molecule has 1 amide bonds. The number of aliphatic hydroxyl groups is 1. The van der Waals surface area contributed by atoms with Crippen molar-refractivity contribution in [3.63, 3.8) is 0 Å². The van der Waals surface area contributed by atoms with Gasteiger partial charge < -0.3 is 15.3 Å². The van der Waals surface area contributed by atoms with Crippen LogP contribution in [0.25, 0.3) is 0 Å². The lowest BCUT2D eigenvalue weighted by atomic mass is 10.1. The third-order valence-electron chi connectivity index (χ3n) is 4.83. The Hall–Kier alpha value is -2.19. The molecule has 1 unspecified atom stereocenters. The molecular formula is C20H23ClN4O2S. The van der Waals surface area contributed by atoms with Crippen LogP contribution in [0.3, 0.4) is 0 Å². The van der Waals surface area contributed by atoms with Crippen molar-refractivity contribution < 1.29 is 9.90 Å². The molecule has 0 fully saturated rings. The summed E-state index contributed by atoms with van der Waals surface area (Å²) in [6.45, 7) is 2.17. The van der Waals surface area contributed by atoms with Gasteiger partial charge in [-0.25, -0.2) is 0 Å². The third-order valence-corrected chi connectivity index (χ3v) is 5.54. The van der Waals surface area contributed by atoms with E-state index in [1.807, 2.05) is 47.2 Å². The van der Waals surface area contributed by atoms with Gasteiger partial charge >= 0.3 is 0 Å². The van der Waals surface area contributed by atoms with Gasteiger partial charge in [-0.05, 0) is 28.0 Å². The predicted molar refractivity (Wildman–Crippen MR) is 112 cm³/mol. The average Bonchev–Trinajstić information content (AvgIpc) is 3.38. The second-order valence-electron chi connectivity index (χ2n) is 6.70. The molecule has 0 bridgehead atoms. The van der Waals surface area contributed by atoms with Crippen molar-refractivity contribution in [1.82, 2.24) is 20.4 Å². The number of aromatic nitrogens is 2. The molecule has 1 aliphatic heterocycles. The monoisotopic (exact) mass is 418 g/mol. The van der Waals surface area contributed by atoms with E-state index in [0.29, 0.717) is 18.8 Å². The summed E-state index contributed by atoms with van der Waals surface area (Å²) in [5.41, 5.74) is 4.26. The lowest BCUT2D eigenvalue weighted by molar-refractivity contribution is 0.0597. The summed E-state index contributed by atoms with van der Waals surface area (Å²) in [6.07, 6.45) is 0.114. The minimum atomic E-state index is -0.725. The summed E-state index contributed by atoms with van der Waals surface area (Å²) in [5.74, 6) is -0.158. The SMILES string of the molecule is Cl.O=C(c1n[nH]c2c1CNCC2)N(Cc1ccccc1)CC(O)c1ccsc1. The molecule has 3 aromatic rings. The molecule has 8 heteroatoms. The Balaban J connectivity index is 0.00000225. The topological polar surface area (TPSA) is 81.2 Å². The van der Waals surface area contributed by atoms with E-state index >= 15 is 0 Å². The van der Waals surface area contributed by atoms with Crippen molar-refractivity contribution in [2.75, 3.05) is 13.1 Å². The van der Waals surface area contributed by atoms with Gasteiger partial charge in [-0.2, -0.15) is 16.4 Å². The standard InChI is InChI=1S/C20H22N4O2S.ClH/c25-18(15-7-9-27-13-15)12-24(11-14-4-2-1-3-5-14)20(26)19-16-10-21-8-6-17(16)22-23-19;/h1-5,7,9,13,18,21,25H,6,8,10-12H2,(H,22,23);1H. The Morgan fingerprint density at radius 2 is 2.11 bits per heavy atom. The third kappa shape index (κ3) is 4.44. The fraction of sp³-hybridized carbons (Fsp3) is 0.300. The summed E-state index contributed by atoms with van der Waals surface area (Å²) in [5, 5.41) is 25.1. The highest BCUT2D eigenvalue weighted by atomic mass is 35.5. The Kier molecular flexibility index (Phi) is 6.85. The van der Waals surface area contributed by atoms with Crippen molar-refractivity contribution in [1.29, 1.82) is 0 Å². The fourth-order valence-corrected chi connectivity index (χ4v) is 4.06. The summed E-state index contributed by atoms with van der Waals surface area (Å²) < 4.78 is 0. The number of fused-ring (bicyclic) bond motifs is 1. The molecule has 0 spiro atoms. The number of aromatic amines is 1. The Morgan fingerprint density at radius 1 is 1.29 bits per heavy atom. The van der Waals surface area contributed by atoms with Gasteiger partial charge in [0.1, 0.15) is 0 Å². The first-order valence-corrected chi connectivity index (χ1v) is 9.97. The smallest absolute Gasteiger partial charge is 0.275 e. The maximum Gasteiger partial charge on any atom is 0.275 e. The number of hydrogen-bond donors (Lipinski definition) is 3. The highest BCUT2D eigenvalue weighted by Crippen LogP contribution is 2.22. The molecule has 6 nitrogen and oxygen atoms in total. The van der Waals surface area contributed by atoms with Crippen LogP contribution in [0.4, 0.5) is 0 Å². The number of amides is 1. The second kappa shape index (κ2) is 9.34. The van der Waals surface area contributed by atoms with Gasteiger partial charge in [-0.15, -0.1) is 12.4 Å². The molecule has 4 rings (SSSR count). The number of rotatable bonds is 6. The molecule has 1 aliphatic rings. The zero-order chi connectivity index (χ0) is 18.6. The molecule has 2 aromatic heterocycles. The lowest BCUT2D eigenvalue weighted by Gasteiger charge is -2.25. The van der Waals surface area contributed by atoms with Gasteiger partial charge in [0, 0.05) is 37.3 Å². The van der Waals surface area contributed by atoms with E-state index in [-0.39, 0.29) is 24.9 Å². The van der Waals surface area contributed by atoms with Crippen molar-refractivity contribution in [3.8, 4) is 0 Å². The summed E-state index contributed by atoms with van der Waals surface area (Å²) in [4.78, 5) is 15.0. The molecular weight excluding hydrogens is 396 g/mol. The Bertz CT molecular complexity index is 898. The maximum atomic E-state index is 13.3. The summed E-state index contributed by atoms with van der Waals surface area (Å²) >= 11 is 1.53. The quantitative estimate of drug-likeness (QED) is 0.575. The molecule has 0 saturated heterocycles. The molecule has 1 aromatic carbocycles. The normalized spacial score (nSPS) is 14.0. The number of hydrogen-bond acceptors (Lipinski definition) is 5. The van der Waals surface area contributed by atoms with Gasteiger partial charge in [0.2, 0.25) is 0 Å². The number of thiophene rings is 1. The Morgan fingerprint density at radius 3 is 2.86 bits per heavy atom. The van der Waals surface area contributed by atoms with E-state index in [2.05, 4.69) is 15.5 Å². The van der Waals surface area contributed by atoms with Crippen LogP contribution in [0.5, 0.6) is 0 Å². The van der Waals surface area contributed by atoms with Gasteiger partial charge in [0.05, 0.1) is 12.6 Å². The minimum Gasteiger partial charge on any atom is -0.387 e. The van der Waals surface area contributed by atoms with Crippen molar-refractivity contribution >= 4 is 29.7 Å². The zero-order valence-corrected chi connectivity index (χ0v) is 16.9. The van der Waals surface area contributed by atoms with E-state index in [9.17, 15) is 9.90 Å². The van der Waals surface area contributed by atoms with Crippen LogP contribution in [-0.4, -0.2) is 39.2 Å². The number of benzene rings is 1. The molecule has 28 heavy (non-hydrogen) atoms. The lowest BCUT2D eigenvalue weighted by Crippen LogP contribution is -2.35. The van der Waals surface area contributed by atoms with Crippen LogP contribution in [0, 0.1) is 0 Å². The first-order valence-electron chi connectivity index (χ1n) is 9.02. The van der Waals surface area contributed by atoms with E-state index < -0.39 is 6.10 Å². The van der Waals surface area contributed by atoms with Gasteiger partial charge in [0.25, 0.3) is 5.91 Å². The molecule has 3 N–H and O–H groups in total. The molecule has 148 valence electrons. The molecule has 1 atom stereocenters. The predicted octanol–water partition coefficient (Wildman–Crippen LogP) is 2.91. The van der Waals surface area contributed by atoms with Crippen molar-refractivity contribution in [2.24, 2.45) is 0 Å². The van der Waals surface area contributed by atoms with Crippen LogP contribution in [0.15, 0.2) is 47.2 Å². The number of H-pyrrole nitrogens is 1. The van der Waals surface area contributed by atoms with E-state index in [4.69, 9.17) is 0 Å². The largest absolute Gasteiger partial charge is 0.387 e. The van der Waals surface area contributed by atoms with Crippen molar-refractivity contribution in [3.05, 3.63) is 75.2 Å². The fourth-order valence-electron chi connectivity index (χ4n) is 3.35. The summed E-state index contributed by atoms with van der Waals surface area (Å²) in [7, 11) is 0. The van der Waals surface area contributed by atoms with Gasteiger partial charge in [0.15, 0.2) is 5.69 Å². The first kappa shape index (κ1) is 20.5. The number of nitrogens with one attached hydrogen (secondary N) is 2. The molecule has 3 heterocycles. The minimum absolute atomic E-state index is 0. The van der Waals surface area contributed by atoms with Crippen LogP contribution >= 0.6 is 23.7 Å². The number of nitrogens with zero attached hydrogens (tertiary/aromatic N) is 2. The molecule has 0 saturated carbocycles. The number of aliphatic hydroxyl groups excluding tert-OH is 1. The number of halogens is 1. The number of carbonyl (C=O) groups is 1. The van der Waals surface area contributed by atoms with E-state index in [1.165, 1.54) is 11.3 Å². The van der Waals surface area contributed by atoms with Crippen LogP contribution < -0.4 is 5.32 Å². The average molecular weight is 419 g/mol. The molecule has 0 aliphatic carbocycles. The summed E-state index contributed by atoms with van der Waals surface area (Å²) in [6, 6.07) is 11.7. The van der Waals surface area contributed by atoms with E-state index in [1.54, 1.807) is 4.90 Å². The number of carbonyl (C=O) groups excluding carboxylic acids is 1. The maximum absolute atomic E-state index is 13.3. The van der Waals surface area contributed by atoms with Crippen LogP contribution in [0.2, 0.25) is 0 Å².